The fraction of sp³-hybridized carbons (Fsp3) is 0.158. The van der Waals surface area contributed by atoms with Crippen LogP contribution in [0, 0.1) is 0 Å². The molecular weight excluding hydrogens is 393 g/mol. The van der Waals surface area contributed by atoms with Gasteiger partial charge in [-0.15, -0.1) is 0 Å². The van der Waals surface area contributed by atoms with Gasteiger partial charge >= 0.3 is 6.18 Å². The number of hydrogen-bond donors (Lipinski definition) is 1. The second-order valence-electron chi connectivity index (χ2n) is 6.19. The van der Waals surface area contributed by atoms with Crippen LogP contribution >= 0.6 is 0 Å². The fourth-order valence-corrected chi connectivity index (χ4v) is 4.10. The molecule has 0 aliphatic heterocycles. The van der Waals surface area contributed by atoms with E-state index in [-0.39, 0.29) is 16.1 Å². The maximum atomic E-state index is 13.0. The minimum absolute atomic E-state index is 0.187. The molecule has 0 unspecified atom stereocenters. The standard InChI is InChI=1S/C19H15F3N2O3S/c1-12(25)10-14-11-15(19(20,21)22)7-8-17(14)28(26,27)24-16-6-2-4-13-5-3-9-23-18(13)16/h2-9,11,24H,10H2,1H3. The summed E-state index contributed by atoms with van der Waals surface area (Å²) in [6.45, 7) is 1.18. The third kappa shape index (κ3) is 4.14. The summed E-state index contributed by atoms with van der Waals surface area (Å²) in [5, 5.41) is 0.694. The Hall–Kier alpha value is -2.94. The lowest BCUT2D eigenvalue weighted by molar-refractivity contribution is -0.137. The molecule has 2 aromatic carbocycles. The fourth-order valence-electron chi connectivity index (χ4n) is 2.81. The summed E-state index contributed by atoms with van der Waals surface area (Å²) >= 11 is 0. The van der Waals surface area contributed by atoms with Gasteiger partial charge in [-0.25, -0.2) is 8.42 Å². The Morgan fingerprint density at radius 3 is 2.50 bits per heavy atom. The highest BCUT2D eigenvalue weighted by Crippen LogP contribution is 2.33. The molecule has 0 aliphatic carbocycles. The number of carbonyl (C=O) groups is 1. The van der Waals surface area contributed by atoms with Crippen molar-refractivity contribution < 1.29 is 26.4 Å². The minimum Gasteiger partial charge on any atom is -0.300 e. The Kier molecular flexibility index (Phi) is 5.12. The first-order chi connectivity index (χ1) is 13.1. The van der Waals surface area contributed by atoms with Crippen molar-refractivity contribution >= 4 is 32.4 Å². The number of pyridine rings is 1. The third-order valence-electron chi connectivity index (χ3n) is 3.99. The molecule has 0 saturated heterocycles. The van der Waals surface area contributed by atoms with Crippen LogP contribution in [0.2, 0.25) is 0 Å². The quantitative estimate of drug-likeness (QED) is 0.687. The molecule has 0 radical (unpaired) electrons. The van der Waals surface area contributed by atoms with Gasteiger partial charge in [0.05, 0.1) is 21.7 Å². The molecule has 1 heterocycles. The molecule has 3 aromatic rings. The first-order valence-electron chi connectivity index (χ1n) is 8.14. The molecule has 0 amide bonds. The van der Waals surface area contributed by atoms with Gasteiger partial charge in [-0.05, 0) is 42.8 Å². The summed E-state index contributed by atoms with van der Waals surface area (Å²) < 4.78 is 67.1. The molecule has 0 fully saturated rings. The Morgan fingerprint density at radius 2 is 1.82 bits per heavy atom. The number of anilines is 1. The summed E-state index contributed by atoms with van der Waals surface area (Å²) in [6, 6.07) is 10.6. The van der Waals surface area contributed by atoms with Crippen LogP contribution in [0.15, 0.2) is 59.6 Å². The first kappa shape index (κ1) is 19.8. The summed E-state index contributed by atoms with van der Waals surface area (Å²) in [5.74, 6) is -0.456. The van der Waals surface area contributed by atoms with E-state index in [1.165, 1.54) is 19.2 Å². The second kappa shape index (κ2) is 7.23. The molecule has 0 spiro atoms. The third-order valence-corrected chi connectivity index (χ3v) is 5.46. The van der Waals surface area contributed by atoms with Crippen LogP contribution in [-0.4, -0.2) is 19.2 Å². The predicted octanol–water partition coefficient (Wildman–Crippen LogP) is 4.19. The van der Waals surface area contributed by atoms with E-state index < -0.39 is 34.0 Å². The van der Waals surface area contributed by atoms with Crippen LogP contribution in [-0.2, 0) is 27.4 Å². The molecule has 1 aromatic heterocycles. The Labute approximate surface area is 159 Å². The molecule has 3 rings (SSSR count). The molecule has 0 atom stereocenters. The lowest BCUT2D eigenvalue weighted by Gasteiger charge is -2.15. The minimum atomic E-state index is -4.65. The van der Waals surface area contributed by atoms with Gasteiger partial charge in [0, 0.05) is 18.0 Å². The SMILES string of the molecule is CC(=O)Cc1cc(C(F)(F)F)ccc1S(=O)(=O)Nc1cccc2cccnc12. The molecule has 0 aliphatic rings. The summed E-state index contributed by atoms with van der Waals surface area (Å²) in [4.78, 5) is 15.2. The molecule has 0 bridgehead atoms. The van der Waals surface area contributed by atoms with E-state index >= 15 is 0 Å². The number of para-hydroxylation sites is 1. The van der Waals surface area contributed by atoms with Crippen molar-refractivity contribution in [3.05, 3.63) is 65.9 Å². The lowest BCUT2D eigenvalue weighted by Crippen LogP contribution is -2.17. The highest BCUT2D eigenvalue weighted by Gasteiger charge is 2.32. The number of carbonyl (C=O) groups excluding carboxylic acids is 1. The van der Waals surface area contributed by atoms with Crippen molar-refractivity contribution in [3.63, 3.8) is 0 Å². The van der Waals surface area contributed by atoms with E-state index in [1.807, 2.05) is 0 Å². The van der Waals surface area contributed by atoms with Crippen LogP contribution in [0.25, 0.3) is 10.9 Å². The van der Waals surface area contributed by atoms with Crippen molar-refractivity contribution in [1.82, 2.24) is 4.98 Å². The highest BCUT2D eigenvalue weighted by molar-refractivity contribution is 7.92. The molecule has 28 heavy (non-hydrogen) atoms. The first-order valence-corrected chi connectivity index (χ1v) is 9.62. The number of aromatic nitrogens is 1. The molecule has 1 N–H and O–H groups in total. The average Bonchev–Trinajstić information content (AvgIpc) is 2.60. The van der Waals surface area contributed by atoms with E-state index in [2.05, 4.69) is 9.71 Å². The summed E-state index contributed by atoms with van der Waals surface area (Å²) in [7, 11) is -4.25. The van der Waals surface area contributed by atoms with E-state index in [4.69, 9.17) is 0 Å². The normalized spacial score (nSPS) is 12.1. The van der Waals surface area contributed by atoms with Crippen molar-refractivity contribution in [2.75, 3.05) is 4.72 Å². The van der Waals surface area contributed by atoms with Gasteiger partial charge in [0.15, 0.2) is 0 Å². The largest absolute Gasteiger partial charge is 0.416 e. The van der Waals surface area contributed by atoms with Gasteiger partial charge in [0.1, 0.15) is 5.78 Å². The number of nitrogens with one attached hydrogen (secondary N) is 1. The zero-order valence-corrected chi connectivity index (χ0v) is 15.4. The molecule has 146 valence electrons. The van der Waals surface area contributed by atoms with Crippen molar-refractivity contribution in [3.8, 4) is 0 Å². The second-order valence-corrected chi connectivity index (χ2v) is 7.84. The zero-order valence-electron chi connectivity index (χ0n) is 14.6. The number of nitrogens with zero attached hydrogens (tertiary/aromatic N) is 1. The molecular formula is C19H15F3N2O3S. The Balaban J connectivity index is 2.09. The van der Waals surface area contributed by atoms with Gasteiger partial charge in [-0.1, -0.05) is 18.2 Å². The van der Waals surface area contributed by atoms with Crippen LogP contribution in [0.4, 0.5) is 18.9 Å². The lowest BCUT2D eigenvalue weighted by atomic mass is 10.1. The smallest absolute Gasteiger partial charge is 0.300 e. The van der Waals surface area contributed by atoms with Crippen LogP contribution in [0.5, 0.6) is 0 Å². The van der Waals surface area contributed by atoms with Gasteiger partial charge < -0.3 is 0 Å². The monoisotopic (exact) mass is 408 g/mol. The highest BCUT2D eigenvalue weighted by atomic mass is 32.2. The number of fused-ring (bicyclic) bond motifs is 1. The van der Waals surface area contributed by atoms with Gasteiger partial charge in [0.2, 0.25) is 0 Å². The Morgan fingerprint density at radius 1 is 1.11 bits per heavy atom. The number of sulfonamides is 1. The van der Waals surface area contributed by atoms with Crippen molar-refractivity contribution in [1.29, 1.82) is 0 Å². The summed E-state index contributed by atoms with van der Waals surface area (Å²) in [6.07, 6.45) is -3.59. The Bertz CT molecular complexity index is 1150. The van der Waals surface area contributed by atoms with Crippen LogP contribution in [0.1, 0.15) is 18.1 Å². The maximum absolute atomic E-state index is 13.0. The number of benzene rings is 2. The maximum Gasteiger partial charge on any atom is 0.416 e. The summed E-state index contributed by atoms with van der Waals surface area (Å²) in [5.41, 5.74) is -0.655. The average molecular weight is 408 g/mol. The van der Waals surface area contributed by atoms with E-state index in [9.17, 15) is 26.4 Å². The van der Waals surface area contributed by atoms with Gasteiger partial charge in [0.25, 0.3) is 10.0 Å². The van der Waals surface area contributed by atoms with Crippen molar-refractivity contribution in [2.24, 2.45) is 0 Å². The number of ketones is 1. The molecule has 0 saturated carbocycles. The number of alkyl halides is 3. The number of Topliss-reactive ketones (excluding diaryl/α,β-unsaturated/α-hetero) is 1. The van der Waals surface area contributed by atoms with Gasteiger partial charge in [-0.2, -0.15) is 13.2 Å². The zero-order chi connectivity index (χ0) is 20.5. The van der Waals surface area contributed by atoms with Crippen LogP contribution in [0.3, 0.4) is 0 Å². The number of hydrogen-bond acceptors (Lipinski definition) is 4. The van der Waals surface area contributed by atoms with E-state index in [0.29, 0.717) is 23.0 Å². The topological polar surface area (TPSA) is 76.1 Å². The number of halogens is 3. The molecule has 9 heteroatoms. The van der Waals surface area contributed by atoms with Gasteiger partial charge in [-0.3, -0.25) is 14.5 Å². The molecule has 5 nitrogen and oxygen atoms in total. The van der Waals surface area contributed by atoms with E-state index in [1.54, 1.807) is 24.3 Å². The predicted molar refractivity (Wildman–Crippen MR) is 98.4 cm³/mol. The van der Waals surface area contributed by atoms with Crippen molar-refractivity contribution in [2.45, 2.75) is 24.4 Å². The van der Waals surface area contributed by atoms with E-state index in [0.717, 1.165) is 6.07 Å². The van der Waals surface area contributed by atoms with Crippen LogP contribution < -0.4 is 4.72 Å². The number of rotatable bonds is 5.